The summed E-state index contributed by atoms with van der Waals surface area (Å²) in [6, 6.07) is 1.97. The predicted molar refractivity (Wildman–Crippen MR) is 151 cm³/mol. The van der Waals surface area contributed by atoms with Gasteiger partial charge in [0.2, 0.25) is 5.43 Å². The number of H-pyrrole nitrogens is 1. The lowest BCUT2D eigenvalue weighted by Gasteiger charge is -2.30. The van der Waals surface area contributed by atoms with Gasteiger partial charge in [0.15, 0.2) is 5.69 Å². The number of aromatic carboxylic acids is 1. The number of urea groups is 1. The number of halogens is 4. The molecule has 0 saturated heterocycles. The molecule has 0 spiro atoms. The van der Waals surface area contributed by atoms with Gasteiger partial charge < -0.3 is 20.5 Å². The number of aromatic nitrogens is 4. The highest BCUT2D eigenvalue weighted by Crippen LogP contribution is 2.42. The Hall–Kier alpha value is -4.44. The van der Waals surface area contributed by atoms with Crippen LogP contribution in [0.5, 0.6) is 0 Å². The Kier molecular flexibility index (Phi) is 8.82. The van der Waals surface area contributed by atoms with Crippen molar-refractivity contribution in [3.8, 4) is 21.7 Å². The van der Waals surface area contributed by atoms with E-state index in [0.29, 0.717) is 11.3 Å². The number of nitrogens with zero attached hydrogens (tertiary/aromatic N) is 3. The Labute approximate surface area is 245 Å². The predicted octanol–water partition coefficient (Wildman–Crippen LogP) is 5.04. The average Bonchev–Trinajstić information content (AvgIpc) is 3.44. The van der Waals surface area contributed by atoms with Crippen molar-refractivity contribution >= 4 is 40.2 Å². The van der Waals surface area contributed by atoms with E-state index in [1.807, 2.05) is 0 Å². The summed E-state index contributed by atoms with van der Waals surface area (Å²) in [4.78, 5) is 52.4. The van der Waals surface area contributed by atoms with Gasteiger partial charge in [-0.15, -0.1) is 11.3 Å². The fourth-order valence-electron chi connectivity index (χ4n) is 4.39. The first-order valence-electron chi connectivity index (χ1n) is 12.8. The van der Waals surface area contributed by atoms with E-state index in [0.717, 1.165) is 11.6 Å². The van der Waals surface area contributed by atoms with E-state index in [-0.39, 0.29) is 50.8 Å². The average molecular weight is 623 g/mol. The fourth-order valence-corrected chi connectivity index (χ4v) is 5.24. The van der Waals surface area contributed by atoms with Gasteiger partial charge >= 0.3 is 18.2 Å². The molecule has 5 N–H and O–H groups in total. The Morgan fingerprint density at radius 3 is 2.44 bits per heavy atom. The summed E-state index contributed by atoms with van der Waals surface area (Å²) in [5, 5.41) is 25.2. The number of carboxylic acids is 1. The molecule has 0 fully saturated rings. The Morgan fingerprint density at radius 2 is 1.86 bits per heavy atom. The highest BCUT2D eigenvalue weighted by molar-refractivity contribution is 7.13. The van der Waals surface area contributed by atoms with Crippen LogP contribution in [0.4, 0.5) is 28.2 Å². The number of pyridine rings is 3. The van der Waals surface area contributed by atoms with E-state index >= 15 is 0 Å². The number of anilines is 1. The zero-order chi connectivity index (χ0) is 31.7. The van der Waals surface area contributed by atoms with Gasteiger partial charge in [-0.1, -0.05) is 13.8 Å². The minimum absolute atomic E-state index is 0.00623. The smallest absolute Gasteiger partial charge is 0.434 e. The summed E-state index contributed by atoms with van der Waals surface area (Å²) in [5.74, 6) is -2.51. The molecule has 0 saturated carbocycles. The standard InChI is InChI=1S/C27H26F4N6O5S/c1-4-32-25(42)37-19-6-13(23-36-18(10-43-23)27(29,30)31)14(7-33-19)12-5-17(16(9-38)26(2,3)11-28)35-22-20(12)21(39)15(8-34-22)24(40)41/h5-8,10,16,38H,4,9,11H2,1-3H3,(H,40,41)(H,34,35,39)(H2,32,33,37,42). The molecule has 11 nitrogen and oxygen atoms in total. The molecule has 4 rings (SSSR count). The summed E-state index contributed by atoms with van der Waals surface area (Å²) in [6.45, 7) is 3.66. The summed E-state index contributed by atoms with van der Waals surface area (Å²) >= 11 is 0.644. The molecular weight excluding hydrogens is 596 g/mol. The maximum Gasteiger partial charge on any atom is 0.434 e. The fraction of sp³-hybridized carbons (Fsp3) is 0.333. The second-order valence-corrected chi connectivity index (χ2v) is 11.0. The van der Waals surface area contributed by atoms with Gasteiger partial charge in [-0.2, -0.15) is 13.2 Å². The molecule has 0 aliphatic heterocycles. The number of fused-ring (bicyclic) bond motifs is 1. The highest BCUT2D eigenvalue weighted by atomic mass is 32.1. The van der Waals surface area contributed by atoms with Crippen LogP contribution in [0.1, 0.15) is 48.4 Å². The van der Waals surface area contributed by atoms with Gasteiger partial charge in [0.1, 0.15) is 22.0 Å². The van der Waals surface area contributed by atoms with Crippen LogP contribution >= 0.6 is 11.3 Å². The molecule has 0 aliphatic carbocycles. The molecule has 4 heterocycles. The van der Waals surface area contributed by atoms with Crippen molar-refractivity contribution in [2.45, 2.75) is 32.9 Å². The first-order valence-corrected chi connectivity index (χ1v) is 13.6. The van der Waals surface area contributed by atoms with Gasteiger partial charge in [0.25, 0.3) is 0 Å². The lowest BCUT2D eigenvalue weighted by molar-refractivity contribution is -0.140. The lowest BCUT2D eigenvalue weighted by atomic mass is 9.77. The van der Waals surface area contributed by atoms with Gasteiger partial charge in [-0.25, -0.2) is 24.5 Å². The third-order valence-electron chi connectivity index (χ3n) is 6.72. The number of thiazole rings is 1. The number of carbonyl (C=O) groups excluding carboxylic acids is 1. The van der Waals surface area contributed by atoms with E-state index in [4.69, 9.17) is 0 Å². The maximum absolute atomic E-state index is 14.0. The van der Waals surface area contributed by atoms with Crippen LogP contribution in [0.3, 0.4) is 0 Å². The van der Waals surface area contributed by atoms with Crippen molar-refractivity contribution in [1.29, 1.82) is 0 Å². The monoisotopic (exact) mass is 622 g/mol. The number of carbonyl (C=O) groups is 2. The quantitative estimate of drug-likeness (QED) is 0.162. The number of aliphatic hydroxyl groups is 1. The zero-order valence-corrected chi connectivity index (χ0v) is 23.8. The van der Waals surface area contributed by atoms with E-state index in [1.54, 1.807) is 20.8 Å². The van der Waals surface area contributed by atoms with Crippen molar-refractivity contribution in [3.63, 3.8) is 0 Å². The highest BCUT2D eigenvalue weighted by Gasteiger charge is 2.35. The largest absolute Gasteiger partial charge is 0.477 e. The van der Waals surface area contributed by atoms with Crippen LogP contribution in [0.15, 0.2) is 34.7 Å². The molecule has 16 heteroatoms. The van der Waals surface area contributed by atoms with Crippen molar-refractivity contribution in [2.24, 2.45) is 5.41 Å². The number of amides is 2. The number of aromatic amines is 1. The van der Waals surface area contributed by atoms with E-state index in [9.17, 15) is 42.2 Å². The third kappa shape index (κ3) is 6.34. The Morgan fingerprint density at radius 1 is 1.14 bits per heavy atom. The normalized spacial score (nSPS) is 12.7. The molecule has 0 aromatic carbocycles. The van der Waals surface area contributed by atoms with Crippen molar-refractivity contribution in [3.05, 3.63) is 57.1 Å². The molecule has 228 valence electrons. The number of hydrogen-bond acceptors (Lipinski definition) is 8. The number of hydrogen-bond donors (Lipinski definition) is 5. The number of alkyl halides is 4. The van der Waals surface area contributed by atoms with Crippen LogP contribution in [-0.4, -0.2) is 62.0 Å². The van der Waals surface area contributed by atoms with Crippen molar-refractivity contribution in [1.82, 2.24) is 25.3 Å². The summed E-state index contributed by atoms with van der Waals surface area (Å²) in [5.41, 5.74) is -3.83. The molecule has 4 aromatic rings. The molecule has 0 radical (unpaired) electrons. The minimum Gasteiger partial charge on any atom is -0.477 e. The summed E-state index contributed by atoms with van der Waals surface area (Å²) in [6.07, 6.45) is -2.64. The second-order valence-electron chi connectivity index (χ2n) is 10.1. The van der Waals surface area contributed by atoms with Gasteiger partial charge in [0.05, 0.1) is 18.7 Å². The zero-order valence-electron chi connectivity index (χ0n) is 23.0. The van der Waals surface area contributed by atoms with Crippen LogP contribution < -0.4 is 16.1 Å². The third-order valence-corrected chi connectivity index (χ3v) is 7.60. The summed E-state index contributed by atoms with van der Waals surface area (Å²) in [7, 11) is 0. The van der Waals surface area contributed by atoms with Crippen molar-refractivity contribution < 1.29 is 37.4 Å². The van der Waals surface area contributed by atoms with Crippen LogP contribution in [0.25, 0.3) is 32.7 Å². The van der Waals surface area contributed by atoms with Gasteiger partial charge in [0, 0.05) is 58.0 Å². The van der Waals surface area contributed by atoms with Gasteiger partial charge in [-0.3, -0.25) is 14.5 Å². The first kappa shape index (κ1) is 31.5. The number of nitrogens with one attached hydrogen (secondary N) is 3. The molecule has 1 unspecified atom stereocenters. The van der Waals surface area contributed by atoms with E-state index in [2.05, 4.69) is 30.6 Å². The van der Waals surface area contributed by atoms with Crippen molar-refractivity contribution in [2.75, 3.05) is 25.1 Å². The molecule has 0 aliphatic rings. The SMILES string of the molecule is CCNC(=O)Nc1cc(-c2nc(C(F)(F)F)cs2)c(-c2cc(C(CO)C(C)(C)CF)nc3[nH]cc(C(=O)O)c(=O)c23)cn1. The molecule has 0 bridgehead atoms. The first-order chi connectivity index (χ1) is 20.2. The summed E-state index contributed by atoms with van der Waals surface area (Å²) < 4.78 is 54.5. The number of rotatable bonds is 9. The molecule has 4 aromatic heterocycles. The van der Waals surface area contributed by atoms with E-state index in [1.165, 1.54) is 18.3 Å². The molecule has 2 amide bonds. The molecular formula is C27H26F4N6O5S. The number of aliphatic hydroxyl groups excluding tert-OH is 1. The minimum atomic E-state index is -4.76. The molecule has 43 heavy (non-hydrogen) atoms. The van der Waals surface area contributed by atoms with Gasteiger partial charge in [-0.05, 0) is 19.1 Å². The number of carboxylic acid groups (broad SMARTS) is 1. The second kappa shape index (κ2) is 12.0. The Bertz CT molecular complexity index is 1750. The van der Waals surface area contributed by atoms with Crippen LogP contribution in [-0.2, 0) is 6.18 Å². The van der Waals surface area contributed by atoms with Crippen LogP contribution in [0.2, 0.25) is 0 Å². The Balaban J connectivity index is 2.09. The molecule has 1 atom stereocenters. The topological polar surface area (TPSA) is 170 Å². The lowest BCUT2D eigenvalue weighted by Crippen LogP contribution is -2.28. The van der Waals surface area contributed by atoms with E-state index < -0.39 is 59.5 Å². The maximum atomic E-state index is 14.0. The van der Waals surface area contributed by atoms with Crippen LogP contribution in [0, 0.1) is 5.41 Å².